The molecule has 0 radical (unpaired) electrons. The Balaban J connectivity index is 1.83. The van der Waals surface area contributed by atoms with Gasteiger partial charge in [-0.05, 0) is 24.3 Å². The summed E-state index contributed by atoms with van der Waals surface area (Å²) in [6.45, 7) is 0.0135. The third-order valence-electron chi connectivity index (χ3n) is 4.19. The molecule has 4 rings (SSSR count). The molecule has 2 aromatic heterocycles. The molecule has 10 heteroatoms. The number of imidazole rings is 1. The van der Waals surface area contributed by atoms with Crippen LogP contribution < -0.4 is 11.1 Å². The Morgan fingerprint density at radius 2 is 1.79 bits per heavy atom. The summed E-state index contributed by atoms with van der Waals surface area (Å²) in [5.41, 5.74) is 6.62. The molecule has 0 aliphatic heterocycles. The van der Waals surface area contributed by atoms with Crippen molar-refractivity contribution in [1.29, 1.82) is 5.26 Å². The van der Waals surface area contributed by atoms with Crippen molar-refractivity contribution >= 4 is 22.7 Å². The highest BCUT2D eigenvalue weighted by atomic mass is 19.1. The maximum atomic E-state index is 13.8. The summed E-state index contributed by atoms with van der Waals surface area (Å²) in [6, 6.07) is 8.79. The fraction of sp³-hybridized carbons (Fsp3) is 0.0526. The molecule has 0 aliphatic rings. The SMILES string of the molecule is N#Cc1c(N)ncnc1NCc1nc2ccc(F)cc2n1-c1cc(F)cc(F)c1. The van der Waals surface area contributed by atoms with Crippen LogP contribution >= 0.6 is 0 Å². The second kappa shape index (κ2) is 7.12. The average molecular weight is 395 g/mol. The van der Waals surface area contributed by atoms with Crippen LogP contribution in [0.5, 0.6) is 0 Å². The van der Waals surface area contributed by atoms with Crippen LogP contribution in [0.25, 0.3) is 16.7 Å². The summed E-state index contributed by atoms with van der Waals surface area (Å²) < 4.78 is 42.8. The highest BCUT2D eigenvalue weighted by Gasteiger charge is 2.16. The smallest absolute Gasteiger partial charge is 0.149 e. The molecule has 0 fully saturated rings. The standard InChI is InChI=1S/C19H12F3N7/c20-10-1-2-15-16(6-10)29(13-4-11(21)3-12(22)5-13)17(28-15)8-25-19-14(7-23)18(24)26-9-27-19/h1-6,9H,8H2,(H3,24,25,26,27). The van der Waals surface area contributed by atoms with Gasteiger partial charge in [-0.2, -0.15) is 5.26 Å². The van der Waals surface area contributed by atoms with Gasteiger partial charge < -0.3 is 11.1 Å². The Morgan fingerprint density at radius 1 is 1.03 bits per heavy atom. The average Bonchev–Trinajstić information content (AvgIpc) is 3.03. The molecule has 144 valence electrons. The van der Waals surface area contributed by atoms with E-state index in [1.807, 2.05) is 6.07 Å². The number of hydrogen-bond donors (Lipinski definition) is 2. The normalized spacial score (nSPS) is 10.8. The molecule has 0 amide bonds. The maximum Gasteiger partial charge on any atom is 0.149 e. The number of anilines is 2. The van der Waals surface area contributed by atoms with E-state index in [0.29, 0.717) is 16.9 Å². The van der Waals surface area contributed by atoms with E-state index in [-0.39, 0.29) is 29.4 Å². The summed E-state index contributed by atoms with van der Waals surface area (Å²) in [4.78, 5) is 12.1. The van der Waals surface area contributed by atoms with Crippen molar-refractivity contribution in [2.45, 2.75) is 6.54 Å². The zero-order valence-electron chi connectivity index (χ0n) is 14.7. The van der Waals surface area contributed by atoms with Gasteiger partial charge in [0.1, 0.15) is 52.9 Å². The largest absolute Gasteiger partial charge is 0.382 e. The third kappa shape index (κ3) is 3.41. The first-order chi connectivity index (χ1) is 14.0. The first-order valence-corrected chi connectivity index (χ1v) is 8.34. The minimum absolute atomic E-state index is 0.00720. The number of hydrogen-bond acceptors (Lipinski definition) is 6. The second-order valence-electron chi connectivity index (χ2n) is 6.07. The van der Waals surface area contributed by atoms with E-state index in [0.717, 1.165) is 18.2 Å². The van der Waals surface area contributed by atoms with Crippen molar-refractivity contribution in [3.05, 3.63) is 71.6 Å². The highest BCUT2D eigenvalue weighted by Crippen LogP contribution is 2.25. The summed E-state index contributed by atoms with van der Waals surface area (Å²) in [5.74, 6) is -1.59. The van der Waals surface area contributed by atoms with Gasteiger partial charge in [0.25, 0.3) is 0 Å². The van der Waals surface area contributed by atoms with Crippen molar-refractivity contribution in [3.63, 3.8) is 0 Å². The second-order valence-corrected chi connectivity index (χ2v) is 6.07. The molecule has 29 heavy (non-hydrogen) atoms. The predicted octanol–water partition coefficient (Wildman–Crippen LogP) is 3.30. The zero-order valence-corrected chi connectivity index (χ0v) is 14.7. The summed E-state index contributed by atoms with van der Waals surface area (Å²) >= 11 is 0. The number of rotatable bonds is 4. The Hall–Kier alpha value is -4.13. The van der Waals surface area contributed by atoms with Gasteiger partial charge >= 0.3 is 0 Å². The summed E-state index contributed by atoms with van der Waals surface area (Å²) in [7, 11) is 0. The minimum Gasteiger partial charge on any atom is -0.382 e. The minimum atomic E-state index is -0.785. The van der Waals surface area contributed by atoms with Gasteiger partial charge in [0.05, 0.1) is 23.3 Å². The van der Waals surface area contributed by atoms with Crippen molar-refractivity contribution in [2.75, 3.05) is 11.1 Å². The molecule has 0 saturated carbocycles. The molecule has 0 aliphatic carbocycles. The molecule has 0 atom stereocenters. The Kier molecular flexibility index (Phi) is 4.48. The molecule has 2 heterocycles. The van der Waals surface area contributed by atoms with Gasteiger partial charge in [-0.3, -0.25) is 4.57 Å². The van der Waals surface area contributed by atoms with Crippen molar-refractivity contribution in [1.82, 2.24) is 19.5 Å². The van der Waals surface area contributed by atoms with Gasteiger partial charge in [-0.1, -0.05) is 0 Å². The van der Waals surface area contributed by atoms with Crippen LogP contribution in [0.15, 0.2) is 42.7 Å². The van der Waals surface area contributed by atoms with Crippen LogP contribution in [0.1, 0.15) is 11.4 Å². The number of nitrogens with one attached hydrogen (secondary N) is 1. The lowest BCUT2D eigenvalue weighted by Gasteiger charge is -2.12. The van der Waals surface area contributed by atoms with Crippen LogP contribution in [0, 0.1) is 28.8 Å². The van der Waals surface area contributed by atoms with E-state index in [2.05, 4.69) is 20.3 Å². The van der Waals surface area contributed by atoms with Crippen LogP contribution in [-0.2, 0) is 6.54 Å². The van der Waals surface area contributed by atoms with E-state index >= 15 is 0 Å². The van der Waals surface area contributed by atoms with Gasteiger partial charge in [0.2, 0.25) is 0 Å². The zero-order chi connectivity index (χ0) is 20.5. The van der Waals surface area contributed by atoms with Crippen molar-refractivity contribution in [3.8, 4) is 11.8 Å². The summed E-state index contributed by atoms with van der Waals surface area (Å²) in [5, 5.41) is 12.2. The van der Waals surface area contributed by atoms with Gasteiger partial charge in [-0.25, -0.2) is 28.1 Å². The quantitative estimate of drug-likeness (QED) is 0.549. The maximum absolute atomic E-state index is 13.8. The Bertz CT molecular complexity index is 1260. The van der Waals surface area contributed by atoms with Gasteiger partial charge in [0.15, 0.2) is 0 Å². The van der Waals surface area contributed by atoms with Crippen LogP contribution in [0.2, 0.25) is 0 Å². The first kappa shape index (κ1) is 18.2. The van der Waals surface area contributed by atoms with E-state index in [1.54, 1.807) is 0 Å². The molecule has 3 N–H and O–H groups in total. The Morgan fingerprint density at radius 3 is 2.52 bits per heavy atom. The highest BCUT2D eigenvalue weighted by molar-refractivity contribution is 5.78. The molecule has 0 bridgehead atoms. The first-order valence-electron chi connectivity index (χ1n) is 8.34. The molecule has 0 unspecified atom stereocenters. The molecular weight excluding hydrogens is 383 g/mol. The predicted molar refractivity (Wildman–Crippen MR) is 99.4 cm³/mol. The van der Waals surface area contributed by atoms with E-state index < -0.39 is 17.5 Å². The van der Waals surface area contributed by atoms with Crippen LogP contribution in [-0.4, -0.2) is 19.5 Å². The third-order valence-corrected chi connectivity index (χ3v) is 4.19. The van der Waals surface area contributed by atoms with Crippen molar-refractivity contribution in [2.24, 2.45) is 0 Å². The number of fused-ring (bicyclic) bond motifs is 1. The fourth-order valence-corrected chi connectivity index (χ4v) is 2.98. The molecule has 7 nitrogen and oxygen atoms in total. The van der Waals surface area contributed by atoms with Crippen LogP contribution in [0.3, 0.4) is 0 Å². The lowest BCUT2D eigenvalue weighted by Crippen LogP contribution is -2.11. The molecule has 0 spiro atoms. The lowest BCUT2D eigenvalue weighted by atomic mass is 10.2. The molecule has 0 saturated heterocycles. The van der Waals surface area contributed by atoms with Gasteiger partial charge in [0, 0.05) is 12.1 Å². The number of nitrogens with two attached hydrogens (primary N) is 1. The number of nitriles is 1. The number of halogens is 3. The molecule has 2 aromatic carbocycles. The van der Waals surface area contributed by atoms with Gasteiger partial charge in [-0.15, -0.1) is 0 Å². The monoisotopic (exact) mass is 395 g/mol. The van der Waals surface area contributed by atoms with Crippen LogP contribution in [0.4, 0.5) is 24.8 Å². The number of benzene rings is 2. The van der Waals surface area contributed by atoms with E-state index in [1.165, 1.54) is 29.1 Å². The lowest BCUT2D eigenvalue weighted by molar-refractivity contribution is 0.581. The summed E-state index contributed by atoms with van der Waals surface area (Å²) in [6.07, 6.45) is 1.19. The molecule has 4 aromatic rings. The molecular formula is C19H12F3N7. The van der Waals surface area contributed by atoms with E-state index in [4.69, 9.17) is 5.73 Å². The number of nitrogen functional groups attached to an aromatic ring is 1. The number of nitrogens with zero attached hydrogens (tertiary/aromatic N) is 5. The Labute approximate surface area is 162 Å². The fourth-order valence-electron chi connectivity index (χ4n) is 2.98. The number of aromatic nitrogens is 4. The van der Waals surface area contributed by atoms with Crippen molar-refractivity contribution < 1.29 is 13.2 Å². The van der Waals surface area contributed by atoms with E-state index in [9.17, 15) is 18.4 Å². The topological polar surface area (TPSA) is 105 Å².